The molecule has 1 aromatic heterocycles. The van der Waals surface area contributed by atoms with Crippen LogP contribution >= 0.6 is 23.2 Å². The average Bonchev–Trinajstić information content (AvgIpc) is 2.28. The number of pyridine rings is 1. The molecular weight excluding hydrogens is 249 g/mol. The van der Waals surface area contributed by atoms with Gasteiger partial charge in [0, 0.05) is 11.6 Å². The van der Waals surface area contributed by atoms with Crippen molar-refractivity contribution < 1.29 is 9.53 Å². The molecule has 0 spiro atoms. The van der Waals surface area contributed by atoms with Crippen LogP contribution in [0.3, 0.4) is 0 Å². The Morgan fingerprint density at radius 2 is 2.19 bits per heavy atom. The first-order chi connectivity index (χ1) is 7.65. The van der Waals surface area contributed by atoms with Crippen LogP contribution < -0.4 is 4.74 Å². The lowest BCUT2D eigenvalue weighted by molar-refractivity contribution is 0.108. The largest absolute Gasteiger partial charge is 0.494 e. The summed E-state index contributed by atoms with van der Waals surface area (Å²) in [6.45, 7) is 0. The maximum absolute atomic E-state index is 11.1. The van der Waals surface area contributed by atoms with Crippen LogP contribution in [0.1, 0.15) is 10.4 Å². The second-order valence-corrected chi connectivity index (χ2v) is 3.84. The molecule has 16 heavy (non-hydrogen) atoms. The lowest BCUT2D eigenvalue weighted by atomic mass is 10.1. The van der Waals surface area contributed by atoms with Gasteiger partial charge in [0.25, 0.3) is 5.24 Å². The van der Waals surface area contributed by atoms with Crippen LogP contribution in [0.25, 0.3) is 10.9 Å². The molecule has 82 valence electrons. The normalized spacial score (nSPS) is 10.4. The number of nitrogens with zero attached hydrogens (tertiary/aromatic N) is 1. The summed E-state index contributed by atoms with van der Waals surface area (Å²) in [7, 11) is 1.55. The fourth-order valence-electron chi connectivity index (χ4n) is 1.47. The molecule has 0 aliphatic rings. The van der Waals surface area contributed by atoms with E-state index in [1.165, 1.54) is 6.20 Å². The summed E-state index contributed by atoms with van der Waals surface area (Å²) in [6.07, 6.45) is 1.35. The number of para-hydroxylation sites is 1. The fraction of sp³-hybridized carbons (Fsp3) is 0.0909. The van der Waals surface area contributed by atoms with E-state index in [4.69, 9.17) is 27.9 Å². The molecule has 0 radical (unpaired) electrons. The molecule has 1 aromatic carbocycles. The maximum Gasteiger partial charge on any atom is 0.255 e. The van der Waals surface area contributed by atoms with Crippen molar-refractivity contribution in [2.45, 2.75) is 0 Å². The molecule has 0 N–H and O–H groups in total. The minimum atomic E-state index is -0.623. The predicted molar refractivity (Wildman–Crippen MR) is 63.5 cm³/mol. The number of fused-ring (bicyclic) bond motifs is 1. The Morgan fingerprint density at radius 3 is 2.81 bits per heavy atom. The second kappa shape index (κ2) is 4.28. The Balaban J connectivity index is 2.81. The van der Waals surface area contributed by atoms with Gasteiger partial charge >= 0.3 is 0 Å². The Labute approximate surface area is 102 Å². The van der Waals surface area contributed by atoms with Gasteiger partial charge in [0.15, 0.2) is 0 Å². The number of hydrogen-bond donors (Lipinski definition) is 0. The number of rotatable bonds is 2. The molecule has 2 rings (SSSR count). The maximum atomic E-state index is 11.1. The van der Waals surface area contributed by atoms with E-state index < -0.39 is 5.24 Å². The topological polar surface area (TPSA) is 39.2 Å². The lowest BCUT2D eigenvalue weighted by Gasteiger charge is -2.07. The van der Waals surface area contributed by atoms with Crippen LogP contribution in [-0.4, -0.2) is 17.3 Å². The smallest absolute Gasteiger partial charge is 0.255 e. The van der Waals surface area contributed by atoms with Crippen molar-refractivity contribution in [2.24, 2.45) is 0 Å². The highest BCUT2D eigenvalue weighted by molar-refractivity contribution is 6.69. The van der Waals surface area contributed by atoms with Gasteiger partial charge in [-0.25, -0.2) is 0 Å². The molecule has 0 aliphatic carbocycles. The highest BCUT2D eigenvalue weighted by Gasteiger charge is 2.13. The van der Waals surface area contributed by atoms with Crippen molar-refractivity contribution >= 4 is 39.3 Å². The number of hydrogen-bond acceptors (Lipinski definition) is 3. The van der Waals surface area contributed by atoms with Crippen LogP contribution in [0, 0.1) is 0 Å². The Bertz CT molecular complexity index is 569. The third-order valence-electron chi connectivity index (χ3n) is 2.23. The van der Waals surface area contributed by atoms with E-state index in [0.29, 0.717) is 21.7 Å². The van der Waals surface area contributed by atoms with Crippen LogP contribution in [0.2, 0.25) is 5.02 Å². The second-order valence-electron chi connectivity index (χ2n) is 3.12. The van der Waals surface area contributed by atoms with Gasteiger partial charge in [-0.2, -0.15) is 0 Å². The van der Waals surface area contributed by atoms with Crippen molar-refractivity contribution in [1.29, 1.82) is 0 Å². The zero-order valence-electron chi connectivity index (χ0n) is 8.33. The van der Waals surface area contributed by atoms with Gasteiger partial charge in [0.2, 0.25) is 0 Å². The molecule has 2 aromatic rings. The number of aromatic nitrogens is 1. The van der Waals surface area contributed by atoms with Gasteiger partial charge in [-0.3, -0.25) is 9.78 Å². The van der Waals surface area contributed by atoms with Crippen molar-refractivity contribution in [3.63, 3.8) is 0 Å². The van der Waals surface area contributed by atoms with Crippen molar-refractivity contribution in [3.8, 4) is 5.75 Å². The molecule has 0 bridgehead atoms. The molecule has 0 fully saturated rings. The fourth-order valence-corrected chi connectivity index (χ4v) is 1.94. The molecule has 1 heterocycles. The number of ether oxygens (including phenoxy) is 1. The van der Waals surface area contributed by atoms with Gasteiger partial charge in [-0.05, 0) is 17.7 Å². The van der Waals surface area contributed by atoms with Crippen LogP contribution in [0.5, 0.6) is 5.75 Å². The predicted octanol–water partition coefficient (Wildman–Crippen LogP) is 3.28. The first-order valence-corrected chi connectivity index (χ1v) is 5.21. The first-order valence-electron chi connectivity index (χ1n) is 4.46. The number of carbonyl (C=O) groups excluding carboxylic acids is 1. The molecule has 5 heteroatoms. The van der Waals surface area contributed by atoms with Crippen molar-refractivity contribution in [1.82, 2.24) is 4.98 Å². The quantitative estimate of drug-likeness (QED) is 0.774. The van der Waals surface area contributed by atoms with Gasteiger partial charge in [0.05, 0.1) is 17.7 Å². The molecule has 0 saturated carbocycles. The summed E-state index contributed by atoms with van der Waals surface area (Å²) in [5.41, 5.74) is 0.806. The number of halogens is 2. The number of carbonyl (C=O) groups is 1. The Morgan fingerprint density at radius 1 is 1.44 bits per heavy atom. The van der Waals surface area contributed by atoms with Gasteiger partial charge < -0.3 is 4.74 Å². The molecule has 0 aliphatic heterocycles. The number of methoxy groups -OCH3 is 1. The van der Waals surface area contributed by atoms with Crippen LogP contribution in [-0.2, 0) is 0 Å². The molecule has 0 atom stereocenters. The highest BCUT2D eigenvalue weighted by atomic mass is 35.5. The van der Waals surface area contributed by atoms with E-state index in [1.54, 1.807) is 25.3 Å². The summed E-state index contributed by atoms with van der Waals surface area (Å²) < 4.78 is 5.14. The van der Waals surface area contributed by atoms with E-state index in [2.05, 4.69) is 4.98 Å². The zero-order chi connectivity index (χ0) is 11.7. The minimum Gasteiger partial charge on any atom is -0.494 e. The monoisotopic (exact) mass is 255 g/mol. The zero-order valence-corrected chi connectivity index (χ0v) is 9.84. The third-order valence-corrected chi connectivity index (χ3v) is 2.84. The van der Waals surface area contributed by atoms with Crippen molar-refractivity contribution in [3.05, 3.63) is 35.0 Å². The van der Waals surface area contributed by atoms with Gasteiger partial charge in [-0.1, -0.05) is 23.7 Å². The lowest BCUT2D eigenvalue weighted by Crippen LogP contribution is -1.95. The summed E-state index contributed by atoms with van der Waals surface area (Å²) >= 11 is 11.5. The van der Waals surface area contributed by atoms with E-state index >= 15 is 0 Å². The van der Waals surface area contributed by atoms with Crippen LogP contribution in [0.4, 0.5) is 0 Å². The molecule has 0 saturated heterocycles. The SMILES string of the molecule is COc1cccc2c(Cl)c(C(=O)Cl)cnc12. The Kier molecular flexibility index (Phi) is 2.99. The first kappa shape index (κ1) is 11.2. The number of benzene rings is 1. The summed E-state index contributed by atoms with van der Waals surface area (Å²) in [5.74, 6) is 0.605. The van der Waals surface area contributed by atoms with Gasteiger partial charge in [-0.15, -0.1) is 0 Å². The third kappa shape index (κ3) is 1.72. The molecule has 0 amide bonds. The van der Waals surface area contributed by atoms with E-state index in [-0.39, 0.29) is 5.56 Å². The van der Waals surface area contributed by atoms with E-state index in [0.717, 1.165) is 0 Å². The standard InChI is InChI=1S/C11H7Cl2NO2/c1-16-8-4-2-3-6-9(12)7(11(13)15)5-14-10(6)8/h2-5H,1H3. The van der Waals surface area contributed by atoms with Crippen LogP contribution in [0.15, 0.2) is 24.4 Å². The summed E-state index contributed by atoms with van der Waals surface area (Å²) in [4.78, 5) is 15.2. The average molecular weight is 256 g/mol. The highest BCUT2D eigenvalue weighted by Crippen LogP contribution is 2.31. The van der Waals surface area contributed by atoms with Crippen molar-refractivity contribution in [2.75, 3.05) is 7.11 Å². The molecule has 3 nitrogen and oxygen atoms in total. The Hall–Kier alpha value is -1.32. The molecule has 0 unspecified atom stereocenters. The van der Waals surface area contributed by atoms with E-state index in [1.807, 2.05) is 0 Å². The summed E-state index contributed by atoms with van der Waals surface area (Å²) in [5, 5.41) is 0.318. The minimum absolute atomic E-state index is 0.198. The van der Waals surface area contributed by atoms with Gasteiger partial charge in [0.1, 0.15) is 11.3 Å². The molecular formula is C11H7Cl2NO2. The van der Waals surface area contributed by atoms with E-state index in [9.17, 15) is 4.79 Å². The summed E-state index contributed by atoms with van der Waals surface area (Å²) in [6, 6.07) is 5.31.